The first kappa shape index (κ1) is 18.8. The first-order valence-electron chi connectivity index (χ1n) is 8.37. The second-order valence-electron chi connectivity index (χ2n) is 7.31. The zero-order chi connectivity index (χ0) is 18.6. The first-order valence-corrected chi connectivity index (χ1v) is 8.37. The Kier molecular flexibility index (Phi) is 5.66. The van der Waals surface area contributed by atoms with Gasteiger partial charge in [0.25, 0.3) is 5.91 Å². The van der Waals surface area contributed by atoms with E-state index in [1.807, 2.05) is 20.8 Å². The van der Waals surface area contributed by atoms with Crippen molar-refractivity contribution in [2.24, 2.45) is 5.92 Å². The zero-order valence-electron chi connectivity index (χ0n) is 14.8. The van der Waals surface area contributed by atoms with Crippen molar-refractivity contribution in [3.05, 3.63) is 29.8 Å². The Morgan fingerprint density at radius 1 is 1.08 bits per heavy atom. The molecule has 1 aliphatic rings. The summed E-state index contributed by atoms with van der Waals surface area (Å²) in [6, 6.07) is 6.43. The van der Waals surface area contributed by atoms with Gasteiger partial charge >= 0.3 is 12.0 Å². The number of carbonyl (C=O) groups is 3. The van der Waals surface area contributed by atoms with Crippen molar-refractivity contribution >= 4 is 23.6 Å². The van der Waals surface area contributed by atoms with Crippen molar-refractivity contribution in [2.75, 3.05) is 18.4 Å². The number of amides is 3. The third-order valence-corrected chi connectivity index (χ3v) is 4.02. The highest BCUT2D eigenvalue weighted by molar-refractivity contribution is 5.96. The van der Waals surface area contributed by atoms with Crippen LogP contribution in [0.1, 0.15) is 44.0 Å². The molecule has 1 aliphatic heterocycles. The number of likely N-dealkylation sites (tertiary alicyclic amines) is 1. The van der Waals surface area contributed by atoms with Crippen LogP contribution in [0.15, 0.2) is 24.3 Å². The van der Waals surface area contributed by atoms with Gasteiger partial charge in [-0.05, 0) is 57.9 Å². The number of urea groups is 1. The van der Waals surface area contributed by atoms with E-state index in [2.05, 4.69) is 10.6 Å². The number of hydrogen-bond donors (Lipinski definition) is 3. The number of carboxylic acid groups (broad SMARTS) is 1. The Morgan fingerprint density at radius 3 is 2.12 bits per heavy atom. The maximum atomic E-state index is 12.2. The summed E-state index contributed by atoms with van der Waals surface area (Å²) >= 11 is 0. The quantitative estimate of drug-likeness (QED) is 0.782. The van der Waals surface area contributed by atoms with Gasteiger partial charge in [0.05, 0.1) is 5.92 Å². The highest BCUT2D eigenvalue weighted by Gasteiger charge is 2.27. The van der Waals surface area contributed by atoms with Gasteiger partial charge in [-0.15, -0.1) is 0 Å². The van der Waals surface area contributed by atoms with Gasteiger partial charge < -0.3 is 20.6 Å². The molecule has 3 N–H and O–H groups in total. The number of anilines is 1. The summed E-state index contributed by atoms with van der Waals surface area (Å²) in [5, 5.41) is 14.6. The molecule has 1 heterocycles. The standard InChI is InChI=1S/C18H25N3O4/c1-18(2,3)20-15(22)12-4-6-14(7-5-12)19-17(25)21-10-8-13(9-11-21)16(23)24/h4-7,13H,8-11H2,1-3H3,(H,19,25)(H,20,22)(H,23,24). The molecule has 7 heteroatoms. The van der Waals surface area contributed by atoms with Crippen molar-refractivity contribution in [1.82, 2.24) is 10.2 Å². The van der Waals surface area contributed by atoms with Gasteiger partial charge in [-0.3, -0.25) is 9.59 Å². The third-order valence-electron chi connectivity index (χ3n) is 4.02. The maximum absolute atomic E-state index is 12.2. The molecule has 0 bridgehead atoms. The number of nitrogens with one attached hydrogen (secondary N) is 2. The molecule has 0 aromatic heterocycles. The van der Waals surface area contributed by atoms with E-state index in [0.717, 1.165) is 0 Å². The molecular weight excluding hydrogens is 322 g/mol. The van der Waals surface area contributed by atoms with E-state index < -0.39 is 5.97 Å². The number of carboxylic acids is 1. The lowest BCUT2D eigenvalue weighted by atomic mass is 9.97. The number of piperidine rings is 1. The van der Waals surface area contributed by atoms with Crippen LogP contribution in [0, 0.1) is 5.92 Å². The van der Waals surface area contributed by atoms with E-state index in [4.69, 9.17) is 5.11 Å². The topological polar surface area (TPSA) is 98.7 Å². The zero-order valence-corrected chi connectivity index (χ0v) is 14.8. The van der Waals surface area contributed by atoms with Gasteiger partial charge in [-0.25, -0.2) is 4.79 Å². The fourth-order valence-electron chi connectivity index (χ4n) is 2.65. The van der Waals surface area contributed by atoms with Crippen molar-refractivity contribution in [3.63, 3.8) is 0 Å². The molecule has 0 unspecified atom stereocenters. The molecule has 0 saturated carbocycles. The van der Waals surface area contributed by atoms with Crippen LogP contribution in [-0.2, 0) is 4.79 Å². The summed E-state index contributed by atoms with van der Waals surface area (Å²) in [6.45, 7) is 6.58. The van der Waals surface area contributed by atoms with Crippen LogP contribution < -0.4 is 10.6 Å². The summed E-state index contributed by atoms with van der Waals surface area (Å²) < 4.78 is 0. The van der Waals surface area contributed by atoms with Crippen LogP contribution >= 0.6 is 0 Å². The molecular formula is C18H25N3O4. The Balaban J connectivity index is 1.90. The summed E-state index contributed by atoms with van der Waals surface area (Å²) in [6.07, 6.45) is 0.934. The molecule has 7 nitrogen and oxygen atoms in total. The largest absolute Gasteiger partial charge is 0.481 e. The number of nitrogens with zero attached hydrogens (tertiary/aromatic N) is 1. The van der Waals surface area contributed by atoms with Gasteiger partial charge in [0.2, 0.25) is 0 Å². The second kappa shape index (κ2) is 7.55. The fourth-order valence-corrected chi connectivity index (χ4v) is 2.65. The van der Waals surface area contributed by atoms with Gasteiger partial charge in [0.15, 0.2) is 0 Å². The lowest BCUT2D eigenvalue weighted by Gasteiger charge is -2.30. The smallest absolute Gasteiger partial charge is 0.321 e. The summed E-state index contributed by atoms with van der Waals surface area (Å²) in [7, 11) is 0. The lowest BCUT2D eigenvalue weighted by molar-refractivity contribution is -0.143. The van der Waals surface area contributed by atoms with E-state index in [0.29, 0.717) is 37.2 Å². The highest BCUT2D eigenvalue weighted by Crippen LogP contribution is 2.18. The summed E-state index contributed by atoms with van der Waals surface area (Å²) in [5.74, 6) is -1.34. The molecule has 0 atom stereocenters. The number of aliphatic carboxylic acids is 1. The van der Waals surface area contributed by atoms with Gasteiger partial charge in [-0.1, -0.05) is 0 Å². The average Bonchev–Trinajstić information content (AvgIpc) is 2.54. The second-order valence-corrected chi connectivity index (χ2v) is 7.31. The summed E-state index contributed by atoms with van der Waals surface area (Å²) in [5.41, 5.74) is 0.805. The third kappa shape index (κ3) is 5.48. The minimum absolute atomic E-state index is 0.166. The number of benzene rings is 1. The Labute approximate surface area is 147 Å². The maximum Gasteiger partial charge on any atom is 0.321 e. The molecule has 1 aromatic carbocycles. The molecule has 1 fully saturated rings. The lowest BCUT2D eigenvalue weighted by Crippen LogP contribution is -2.42. The van der Waals surface area contributed by atoms with Crippen molar-refractivity contribution in [1.29, 1.82) is 0 Å². The Hall–Kier alpha value is -2.57. The van der Waals surface area contributed by atoms with E-state index in [9.17, 15) is 14.4 Å². The number of rotatable bonds is 3. The van der Waals surface area contributed by atoms with Crippen LogP contribution in [0.3, 0.4) is 0 Å². The number of hydrogen-bond acceptors (Lipinski definition) is 3. The molecule has 1 aromatic rings. The van der Waals surface area contributed by atoms with E-state index in [1.54, 1.807) is 29.2 Å². The van der Waals surface area contributed by atoms with E-state index in [-0.39, 0.29) is 23.4 Å². The van der Waals surface area contributed by atoms with Crippen molar-refractivity contribution < 1.29 is 19.5 Å². The van der Waals surface area contributed by atoms with Crippen LogP contribution in [0.2, 0.25) is 0 Å². The Bertz CT molecular complexity index is 641. The normalized spacial score (nSPS) is 15.6. The molecule has 3 amide bonds. The van der Waals surface area contributed by atoms with Crippen LogP contribution in [0.4, 0.5) is 10.5 Å². The first-order chi connectivity index (χ1) is 11.7. The van der Waals surface area contributed by atoms with Crippen LogP contribution in [0.25, 0.3) is 0 Å². The molecule has 0 radical (unpaired) electrons. The van der Waals surface area contributed by atoms with Crippen molar-refractivity contribution in [3.8, 4) is 0 Å². The Morgan fingerprint density at radius 2 is 1.64 bits per heavy atom. The minimum atomic E-state index is -0.802. The molecule has 2 rings (SSSR count). The molecule has 136 valence electrons. The van der Waals surface area contributed by atoms with E-state index in [1.165, 1.54) is 0 Å². The van der Waals surface area contributed by atoms with Gasteiger partial charge in [0, 0.05) is 29.9 Å². The number of carbonyl (C=O) groups excluding carboxylic acids is 2. The SMILES string of the molecule is CC(C)(C)NC(=O)c1ccc(NC(=O)N2CCC(C(=O)O)CC2)cc1. The van der Waals surface area contributed by atoms with Gasteiger partial charge in [-0.2, -0.15) is 0 Å². The van der Waals surface area contributed by atoms with Crippen LogP contribution in [-0.4, -0.2) is 46.5 Å². The van der Waals surface area contributed by atoms with Crippen LogP contribution in [0.5, 0.6) is 0 Å². The average molecular weight is 347 g/mol. The van der Waals surface area contributed by atoms with Crippen molar-refractivity contribution in [2.45, 2.75) is 39.2 Å². The van der Waals surface area contributed by atoms with Gasteiger partial charge in [0.1, 0.15) is 0 Å². The predicted molar refractivity (Wildman–Crippen MR) is 94.6 cm³/mol. The summed E-state index contributed by atoms with van der Waals surface area (Å²) in [4.78, 5) is 36.9. The van der Waals surface area contributed by atoms with E-state index >= 15 is 0 Å². The minimum Gasteiger partial charge on any atom is -0.481 e. The monoisotopic (exact) mass is 347 g/mol. The molecule has 25 heavy (non-hydrogen) atoms. The molecule has 1 saturated heterocycles. The fraction of sp³-hybridized carbons (Fsp3) is 0.500. The highest BCUT2D eigenvalue weighted by atomic mass is 16.4. The molecule has 0 spiro atoms. The predicted octanol–water partition coefficient (Wildman–Crippen LogP) is 2.54. The molecule has 0 aliphatic carbocycles.